The van der Waals surface area contributed by atoms with Crippen LogP contribution in [0.4, 0.5) is 9.93 Å². The van der Waals surface area contributed by atoms with Crippen molar-refractivity contribution < 1.29 is 47.0 Å². The number of thiazole rings is 1. The molecule has 3 aliphatic rings. The third kappa shape index (κ3) is 10.1. The zero-order chi connectivity index (χ0) is 49.7. The van der Waals surface area contributed by atoms with Crippen molar-refractivity contribution in [2.75, 3.05) is 25.5 Å². The van der Waals surface area contributed by atoms with E-state index in [1.165, 1.54) is 22.3 Å². The molecule has 20 heteroatoms. The largest absolute Gasteiger partial charge is 0.497 e. The molecule has 1 aliphatic carbocycles. The molecule has 7 rings (SSSR count). The van der Waals surface area contributed by atoms with Crippen molar-refractivity contribution in [3.05, 3.63) is 59.5 Å². The van der Waals surface area contributed by atoms with Gasteiger partial charge in [-0.3, -0.25) is 14.4 Å². The highest BCUT2D eigenvalue weighted by Gasteiger charge is 2.61. The summed E-state index contributed by atoms with van der Waals surface area (Å²) >= 11 is 1.43. The number of benzene rings is 2. The molecule has 366 valence electrons. The van der Waals surface area contributed by atoms with Gasteiger partial charge in [-0.2, -0.15) is 0 Å². The van der Waals surface area contributed by atoms with Gasteiger partial charge < -0.3 is 40.7 Å². The minimum Gasteiger partial charge on any atom is -0.497 e. The molecule has 2 fully saturated rings. The van der Waals surface area contributed by atoms with Crippen molar-refractivity contribution in [3.63, 3.8) is 0 Å². The van der Waals surface area contributed by atoms with Crippen LogP contribution in [-0.2, 0) is 35.6 Å². The van der Waals surface area contributed by atoms with Crippen LogP contribution in [0.15, 0.2) is 58.8 Å². The number of ether oxygens (including phenoxy) is 2. The van der Waals surface area contributed by atoms with E-state index in [1.807, 2.05) is 26.2 Å². The highest BCUT2D eigenvalue weighted by atomic mass is 32.2. The fraction of sp³-hybridized carbons (Fsp3) is 0.521. The summed E-state index contributed by atoms with van der Waals surface area (Å²) in [7, 11) is -2.69. The van der Waals surface area contributed by atoms with E-state index in [9.17, 15) is 32.7 Å². The number of nitrogens with zero attached hydrogens (tertiary/aromatic N) is 4. The fourth-order valence-corrected chi connectivity index (χ4v) is 11.5. The second-order valence-electron chi connectivity index (χ2n) is 20.3. The molecule has 18 nitrogen and oxygen atoms in total. The topological polar surface area (TPSA) is 239 Å². The van der Waals surface area contributed by atoms with Crippen molar-refractivity contribution in [1.29, 1.82) is 0 Å². The number of carbonyl (C=O) groups excluding carboxylic acids is 4. The minimum absolute atomic E-state index is 0.0215. The number of carbonyl (C=O) groups is 5. The van der Waals surface area contributed by atoms with Gasteiger partial charge in [-0.05, 0) is 67.2 Å². The summed E-state index contributed by atoms with van der Waals surface area (Å²) < 4.78 is 40.5. The van der Waals surface area contributed by atoms with E-state index in [2.05, 4.69) is 21.3 Å². The summed E-state index contributed by atoms with van der Waals surface area (Å²) in [5, 5.41) is 25.0. The van der Waals surface area contributed by atoms with Gasteiger partial charge in [-0.15, -0.1) is 11.3 Å². The number of urea groups is 1. The average molecular weight is 975 g/mol. The molecular weight excluding hydrogens is 913 g/mol. The Bertz CT molecular complexity index is 2730. The Kier molecular flexibility index (Phi) is 13.8. The SMILES string of the molecule is CCC1C[C@]1(NC(=O)[C@@H]1C[C@@H](Oc2cc(-c3csc(NC(C)C)n3)nc3cc(OC)ccc23)CN1C(=O)[C@@H](NC(=O)NC(C(=O)N1CCc2ccccc2S1(=O)=O)C(C)(C)C)C(C)(C)C)C(=O)O. The molecule has 5 N–H and O–H groups in total. The zero-order valence-corrected chi connectivity index (χ0v) is 41.8. The number of anilines is 1. The zero-order valence-electron chi connectivity index (χ0n) is 40.1. The van der Waals surface area contributed by atoms with Crippen LogP contribution in [0.2, 0.25) is 0 Å². The Balaban J connectivity index is 1.19. The molecule has 68 heavy (non-hydrogen) atoms. The molecular formula is C48H62N8O10S2. The monoisotopic (exact) mass is 974 g/mol. The van der Waals surface area contributed by atoms with E-state index in [0.717, 1.165) is 4.31 Å². The maximum absolute atomic E-state index is 15.1. The van der Waals surface area contributed by atoms with Gasteiger partial charge in [0, 0.05) is 41.9 Å². The predicted octanol–water partition coefficient (Wildman–Crippen LogP) is 5.81. The number of pyridine rings is 1. The Morgan fingerprint density at radius 1 is 0.941 bits per heavy atom. The number of nitrogens with one attached hydrogen (secondary N) is 4. The quantitative estimate of drug-likeness (QED) is 0.100. The second kappa shape index (κ2) is 18.8. The smallest absolute Gasteiger partial charge is 0.329 e. The first kappa shape index (κ1) is 49.9. The van der Waals surface area contributed by atoms with E-state index in [0.29, 0.717) is 57.3 Å². The number of likely N-dealkylation sites (tertiary alicyclic amines) is 1. The minimum atomic E-state index is -4.24. The number of hydrogen-bond acceptors (Lipinski definition) is 13. The van der Waals surface area contributed by atoms with Gasteiger partial charge in [0.2, 0.25) is 11.8 Å². The molecule has 5 amide bonds. The number of carboxylic acid groups (broad SMARTS) is 1. The van der Waals surface area contributed by atoms with Gasteiger partial charge >= 0.3 is 12.0 Å². The Hall–Kier alpha value is -6.02. The molecule has 4 heterocycles. The van der Waals surface area contributed by atoms with Gasteiger partial charge in [0.15, 0.2) is 5.13 Å². The third-order valence-corrected chi connectivity index (χ3v) is 15.4. The predicted molar refractivity (Wildman–Crippen MR) is 257 cm³/mol. The lowest BCUT2D eigenvalue weighted by Gasteiger charge is -2.38. The number of rotatable bonds is 14. The summed E-state index contributed by atoms with van der Waals surface area (Å²) in [6.45, 7) is 15.9. The Labute approximate surface area is 401 Å². The molecule has 0 spiro atoms. The van der Waals surface area contributed by atoms with Crippen LogP contribution >= 0.6 is 11.3 Å². The number of aliphatic carboxylic acids is 1. The standard InChI is InChI=1S/C48H62N8O10S2/c1-11-28-23-48(28,43(60)61)54-40(57)35-21-30(66-36-22-33(34-25-67-45(51-34)49-26(2)3)50-32-20-29(65-10)16-17-31(32)36)24-55(35)41(58)38(46(4,5)6)52-44(62)53-39(47(7,8)9)42(59)56-19-18-27-14-12-13-15-37(27)68(56,63)64/h12-17,20,22,25-26,28,30,35,38-39H,11,18-19,21,23-24H2,1-10H3,(H,49,51)(H,54,57)(H,60,61)(H2,52,53,62)/t28?,30-,35+,38-,39?,48-/m1/s1. The number of methoxy groups -OCH3 is 1. The van der Waals surface area contributed by atoms with E-state index < -0.39 is 80.3 Å². The average Bonchev–Trinajstić information content (AvgIpc) is 3.53. The van der Waals surface area contributed by atoms with Crippen molar-refractivity contribution in [1.82, 2.24) is 35.1 Å². The maximum atomic E-state index is 15.1. The van der Waals surface area contributed by atoms with Gasteiger partial charge in [0.1, 0.15) is 47.0 Å². The molecule has 4 aromatic rings. The summed E-state index contributed by atoms with van der Waals surface area (Å²) in [6.07, 6.45) is 0.205. The summed E-state index contributed by atoms with van der Waals surface area (Å²) in [6, 6.07) is 8.91. The van der Waals surface area contributed by atoms with Crippen molar-refractivity contribution in [2.45, 2.75) is 129 Å². The fourth-order valence-electron chi connectivity index (χ4n) is 8.95. The molecule has 2 aromatic heterocycles. The molecule has 6 atom stereocenters. The Morgan fingerprint density at radius 2 is 1.62 bits per heavy atom. The first-order valence-corrected chi connectivity index (χ1v) is 25.1. The van der Waals surface area contributed by atoms with Crippen LogP contribution in [0, 0.1) is 16.7 Å². The first-order chi connectivity index (χ1) is 31.9. The molecule has 0 radical (unpaired) electrons. The highest BCUT2D eigenvalue weighted by molar-refractivity contribution is 7.89. The molecule has 1 saturated carbocycles. The number of sulfonamides is 1. The summed E-state index contributed by atoms with van der Waals surface area (Å²) in [5.41, 5.74) is -1.24. The van der Waals surface area contributed by atoms with E-state index >= 15 is 4.79 Å². The van der Waals surface area contributed by atoms with Gasteiger partial charge in [-0.1, -0.05) is 73.1 Å². The maximum Gasteiger partial charge on any atom is 0.329 e. The van der Waals surface area contributed by atoms with Gasteiger partial charge in [-0.25, -0.2) is 32.3 Å². The van der Waals surface area contributed by atoms with E-state index in [1.54, 1.807) is 91.1 Å². The molecule has 2 aliphatic heterocycles. The van der Waals surface area contributed by atoms with Crippen LogP contribution in [-0.4, -0.2) is 118 Å². The van der Waals surface area contributed by atoms with Crippen molar-refractivity contribution in [2.24, 2.45) is 16.7 Å². The van der Waals surface area contributed by atoms with Gasteiger partial charge in [0.05, 0.1) is 29.8 Å². The molecule has 2 unspecified atom stereocenters. The van der Waals surface area contributed by atoms with Crippen LogP contribution in [0.3, 0.4) is 0 Å². The van der Waals surface area contributed by atoms with E-state index in [4.69, 9.17) is 19.4 Å². The number of hydrogen-bond donors (Lipinski definition) is 5. The number of amides is 5. The summed E-state index contributed by atoms with van der Waals surface area (Å²) in [5.74, 6) is -2.68. The lowest BCUT2D eigenvalue weighted by atomic mass is 9.85. The number of fused-ring (bicyclic) bond motifs is 2. The summed E-state index contributed by atoms with van der Waals surface area (Å²) in [4.78, 5) is 81.4. The first-order valence-electron chi connectivity index (χ1n) is 22.8. The molecule has 2 aromatic carbocycles. The number of carboxylic acids is 1. The van der Waals surface area contributed by atoms with Crippen LogP contribution < -0.4 is 30.7 Å². The molecule has 1 saturated heterocycles. The number of aromatic nitrogens is 2. The lowest BCUT2D eigenvalue weighted by molar-refractivity contribution is -0.146. The van der Waals surface area contributed by atoms with Crippen LogP contribution in [0.5, 0.6) is 11.5 Å². The Morgan fingerprint density at radius 3 is 2.24 bits per heavy atom. The second-order valence-corrected chi connectivity index (χ2v) is 23.0. The normalized spacial score (nSPS) is 21.9. The van der Waals surface area contributed by atoms with Crippen LogP contribution in [0.25, 0.3) is 22.3 Å². The van der Waals surface area contributed by atoms with E-state index in [-0.39, 0.29) is 42.8 Å². The van der Waals surface area contributed by atoms with Crippen molar-refractivity contribution in [3.8, 4) is 22.9 Å². The highest BCUT2D eigenvalue weighted by Crippen LogP contribution is 2.46. The van der Waals surface area contributed by atoms with Crippen molar-refractivity contribution >= 4 is 67.1 Å². The van der Waals surface area contributed by atoms with Crippen LogP contribution in [0.1, 0.15) is 87.1 Å². The lowest BCUT2D eigenvalue weighted by Crippen LogP contribution is -2.63. The van der Waals surface area contributed by atoms with Gasteiger partial charge in [0.25, 0.3) is 15.9 Å². The third-order valence-electron chi connectivity index (χ3n) is 12.8. The molecule has 0 bridgehead atoms.